The van der Waals surface area contributed by atoms with Gasteiger partial charge in [-0.3, -0.25) is 0 Å². The molecule has 0 radical (unpaired) electrons. The van der Waals surface area contributed by atoms with Gasteiger partial charge < -0.3 is 19.9 Å². The molecule has 0 aliphatic rings. The van der Waals surface area contributed by atoms with E-state index in [0.717, 1.165) is 0 Å². The van der Waals surface area contributed by atoms with E-state index in [-0.39, 0.29) is 0 Å². The van der Waals surface area contributed by atoms with Crippen LogP contribution in [-0.2, 0) is 0 Å². The highest BCUT2D eigenvalue weighted by molar-refractivity contribution is 5.57. The molecule has 1 aromatic rings. The van der Waals surface area contributed by atoms with Crippen LogP contribution in [0, 0.1) is 5.92 Å². The third-order valence-electron chi connectivity index (χ3n) is 2.85. The largest absolute Gasteiger partial charge is 0.573 e. The molecule has 0 aromatic heterocycles. The summed E-state index contributed by atoms with van der Waals surface area (Å²) in [5.74, 6) is -5.88. The van der Waals surface area contributed by atoms with Gasteiger partial charge in [0.05, 0.1) is 0 Å². The van der Waals surface area contributed by atoms with Crippen molar-refractivity contribution in [1.29, 1.82) is 0 Å². The Bertz CT molecular complexity index is 623. The topological polar surface area (TPSA) is 53.7 Å². The second kappa shape index (κ2) is 7.29. The van der Waals surface area contributed by atoms with Gasteiger partial charge in [-0.2, -0.15) is 0 Å². The van der Waals surface area contributed by atoms with Gasteiger partial charge in [-0.25, -0.2) is 0 Å². The van der Waals surface area contributed by atoms with E-state index in [1.165, 1.54) is 13.8 Å². The van der Waals surface area contributed by atoms with E-state index in [4.69, 9.17) is 5.73 Å². The quantitative estimate of drug-likeness (QED) is 0.703. The van der Waals surface area contributed by atoms with E-state index in [9.17, 15) is 39.5 Å². The number of hydrogen-bond acceptors (Lipinski definition) is 4. The molecule has 0 heterocycles. The van der Waals surface area contributed by atoms with Gasteiger partial charge in [0.1, 0.15) is 0 Å². The van der Waals surface area contributed by atoms with Crippen molar-refractivity contribution in [3.8, 4) is 17.2 Å². The van der Waals surface area contributed by atoms with Crippen molar-refractivity contribution in [2.45, 2.75) is 39.0 Å². The predicted octanol–water partition coefficient (Wildman–Crippen LogP) is 5.04. The maximum Gasteiger partial charge on any atom is 0.573 e. The normalized spacial score (nSPS) is 14.3. The third-order valence-corrected chi connectivity index (χ3v) is 2.85. The molecule has 0 spiro atoms. The fraction of sp³-hybridized carbons (Fsp3) is 0.538. The molecule has 1 atom stereocenters. The Morgan fingerprint density at radius 3 is 1.54 bits per heavy atom. The first kappa shape index (κ1) is 22.0. The average Bonchev–Trinajstić information content (AvgIpc) is 2.37. The minimum Gasteiger partial charge on any atom is -0.402 e. The van der Waals surface area contributed by atoms with Gasteiger partial charge in [0, 0.05) is 11.6 Å². The molecule has 26 heavy (non-hydrogen) atoms. The fourth-order valence-electron chi connectivity index (χ4n) is 1.82. The van der Waals surface area contributed by atoms with Crippen LogP contribution in [0.15, 0.2) is 12.1 Å². The van der Waals surface area contributed by atoms with Crippen molar-refractivity contribution in [3.63, 3.8) is 0 Å². The van der Waals surface area contributed by atoms with Crippen LogP contribution in [0.5, 0.6) is 17.2 Å². The molecule has 0 bridgehead atoms. The summed E-state index contributed by atoms with van der Waals surface area (Å²) in [6.45, 7) is 2.85. The van der Waals surface area contributed by atoms with E-state index in [1.54, 1.807) is 0 Å². The molecule has 1 unspecified atom stereocenters. The number of hydrogen-bond donors (Lipinski definition) is 1. The van der Waals surface area contributed by atoms with Crippen LogP contribution >= 0.6 is 0 Å². The zero-order valence-electron chi connectivity index (χ0n) is 13.0. The molecule has 2 N–H and O–H groups in total. The number of benzene rings is 1. The van der Waals surface area contributed by atoms with Crippen molar-refractivity contribution in [2.24, 2.45) is 11.7 Å². The number of rotatable bonds is 5. The maximum atomic E-state index is 12.6. The average molecular weight is 401 g/mol. The van der Waals surface area contributed by atoms with E-state index >= 15 is 0 Å². The van der Waals surface area contributed by atoms with Crippen molar-refractivity contribution in [1.82, 2.24) is 0 Å². The van der Waals surface area contributed by atoms with Gasteiger partial charge in [-0.15, -0.1) is 39.5 Å². The first-order valence-corrected chi connectivity index (χ1v) is 6.70. The number of nitrogens with two attached hydrogens (primary N) is 1. The fourth-order valence-corrected chi connectivity index (χ4v) is 1.82. The summed E-state index contributed by atoms with van der Waals surface area (Å²) in [6, 6.07) is -0.311. The molecule has 13 heteroatoms. The summed E-state index contributed by atoms with van der Waals surface area (Å²) in [4.78, 5) is 0. The maximum absolute atomic E-state index is 12.6. The monoisotopic (exact) mass is 401 g/mol. The summed E-state index contributed by atoms with van der Waals surface area (Å²) >= 11 is 0. The van der Waals surface area contributed by atoms with Crippen LogP contribution in [0.3, 0.4) is 0 Å². The van der Waals surface area contributed by atoms with Gasteiger partial charge >= 0.3 is 19.1 Å². The lowest BCUT2D eigenvalue weighted by Crippen LogP contribution is -2.26. The van der Waals surface area contributed by atoms with Crippen LogP contribution in [0.25, 0.3) is 0 Å². The second-order valence-electron chi connectivity index (χ2n) is 5.22. The third kappa shape index (κ3) is 6.69. The summed E-state index contributed by atoms with van der Waals surface area (Å²) in [7, 11) is 0. The van der Waals surface area contributed by atoms with Crippen LogP contribution < -0.4 is 19.9 Å². The van der Waals surface area contributed by atoms with Crippen molar-refractivity contribution in [3.05, 3.63) is 17.7 Å². The summed E-state index contributed by atoms with van der Waals surface area (Å²) in [5, 5.41) is 0. The van der Waals surface area contributed by atoms with Crippen LogP contribution in [0.1, 0.15) is 25.5 Å². The molecular weight excluding hydrogens is 389 g/mol. The van der Waals surface area contributed by atoms with E-state index in [2.05, 4.69) is 14.2 Å². The molecule has 0 fully saturated rings. The van der Waals surface area contributed by atoms with Gasteiger partial charge in [-0.1, -0.05) is 13.8 Å². The minimum atomic E-state index is -5.63. The molecule has 0 saturated carbocycles. The zero-order valence-corrected chi connectivity index (χ0v) is 13.0. The molecule has 4 nitrogen and oxygen atoms in total. The smallest absolute Gasteiger partial charge is 0.402 e. The molecule has 150 valence electrons. The summed E-state index contributed by atoms with van der Waals surface area (Å²) < 4.78 is 123. The summed E-state index contributed by atoms with van der Waals surface area (Å²) in [5.41, 5.74) is 4.97. The van der Waals surface area contributed by atoms with Crippen molar-refractivity contribution in [2.75, 3.05) is 0 Å². The van der Waals surface area contributed by atoms with Gasteiger partial charge in [0.25, 0.3) is 0 Å². The molecule has 0 aliphatic heterocycles. The molecular formula is C13H12F9NO3. The Balaban J connectivity index is 3.67. The lowest BCUT2D eigenvalue weighted by atomic mass is 9.95. The lowest BCUT2D eigenvalue weighted by molar-refractivity contribution is -0.293. The van der Waals surface area contributed by atoms with Gasteiger partial charge in [0.2, 0.25) is 5.75 Å². The van der Waals surface area contributed by atoms with Crippen molar-refractivity contribution < 1.29 is 53.7 Å². The lowest BCUT2D eigenvalue weighted by Gasteiger charge is -2.25. The molecule has 0 aliphatic carbocycles. The number of halogens is 9. The highest BCUT2D eigenvalue weighted by Gasteiger charge is 2.42. The standard InChI is InChI=1S/C13H12F9NO3/c1-5(2)8(23)6-3-4-7(24-11(14,15)16)10(26-13(20,21)22)9(6)25-12(17,18)19/h3-5,8H,23H2,1-2H3. The first-order valence-electron chi connectivity index (χ1n) is 6.70. The first-order chi connectivity index (χ1) is 11.5. The van der Waals surface area contributed by atoms with Crippen LogP contribution in [-0.4, -0.2) is 19.1 Å². The number of ether oxygens (including phenoxy) is 3. The second-order valence-corrected chi connectivity index (χ2v) is 5.22. The van der Waals surface area contributed by atoms with Crippen molar-refractivity contribution >= 4 is 0 Å². The molecule has 1 aromatic carbocycles. The Morgan fingerprint density at radius 2 is 1.15 bits per heavy atom. The Labute approximate surface area is 140 Å². The van der Waals surface area contributed by atoms with E-state index in [1.807, 2.05) is 0 Å². The van der Waals surface area contributed by atoms with Crippen LogP contribution in [0.2, 0.25) is 0 Å². The van der Waals surface area contributed by atoms with Gasteiger partial charge in [0.15, 0.2) is 11.5 Å². The Morgan fingerprint density at radius 1 is 0.731 bits per heavy atom. The molecule has 1 rings (SSSR count). The number of alkyl halides is 9. The highest BCUT2D eigenvalue weighted by Crippen LogP contribution is 2.48. The van der Waals surface area contributed by atoms with Crippen LogP contribution in [0.4, 0.5) is 39.5 Å². The predicted molar refractivity (Wildman–Crippen MR) is 68.3 cm³/mol. The Hall–Kier alpha value is -2.05. The minimum absolute atomic E-state index is 0.357. The zero-order chi connectivity index (χ0) is 20.5. The van der Waals surface area contributed by atoms with Gasteiger partial charge in [-0.05, 0) is 18.1 Å². The van der Waals surface area contributed by atoms with E-state index in [0.29, 0.717) is 12.1 Å². The SMILES string of the molecule is CC(C)C(N)c1ccc(OC(F)(F)F)c(OC(F)(F)F)c1OC(F)(F)F. The Kier molecular flexibility index (Phi) is 6.16. The van der Waals surface area contributed by atoms with E-state index < -0.39 is 53.9 Å². The highest BCUT2D eigenvalue weighted by atomic mass is 19.4. The summed E-state index contributed by atoms with van der Waals surface area (Å²) in [6.07, 6.45) is -16.7. The molecule has 0 amide bonds. The molecule has 0 saturated heterocycles.